The van der Waals surface area contributed by atoms with Gasteiger partial charge in [0, 0.05) is 14.1 Å². The van der Waals surface area contributed by atoms with Gasteiger partial charge in [0.05, 0.1) is 16.5 Å². The summed E-state index contributed by atoms with van der Waals surface area (Å²) in [5.41, 5.74) is -0.815. The highest BCUT2D eigenvalue weighted by Crippen LogP contribution is 2.61. The Kier molecular flexibility index (Phi) is 13.6. The largest absolute Gasteiger partial charge is 0.504 e. The van der Waals surface area contributed by atoms with Gasteiger partial charge < -0.3 is 34.8 Å². The molecule has 0 saturated heterocycles. The predicted octanol–water partition coefficient (Wildman–Crippen LogP) is 4.54. The number of phenolic OH excluding ortho intramolecular Hbond substituents is 5. The number of benzene rings is 2. The van der Waals surface area contributed by atoms with Gasteiger partial charge in [0.25, 0.3) is 0 Å². The van der Waals surface area contributed by atoms with Crippen molar-refractivity contribution in [3.05, 3.63) is 51.9 Å². The number of fused-ring (bicyclic) bond motifs is 1. The smallest absolute Gasteiger partial charge is 0.339 e. The molecule has 5 N–H and O–H groups in total. The van der Waals surface area contributed by atoms with Gasteiger partial charge >= 0.3 is 5.20 Å². The van der Waals surface area contributed by atoms with Gasteiger partial charge in [-0.25, -0.2) is 0 Å². The van der Waals surface area contributed by atoms with Gasteiger partial charge in [-0.05, 0) is 64.9 Å². The first-order valence-corrected chi connectivity index (χ1v) is 13.9. The molecule has 2 aromatic carbocycles. The molecule has 1 amide bonds. The molecule has 0 radical (unpaired) electrons. The molecule has 0 spiro atoms. The third-order valence-corrected chi connectivity index (χ3v) is 3.77. The molecule has 0 aliphatic carbocycles. The van der Waals surface area contributed by atoms with Gasteiger partial charge in [0.2, 0.25) is 23.3 Å². The topological polar surface area (TPSA) is 203 Å². The third kappa shape index (κ3) is 11.4. The van der Waals surface area contributed by atoms with Crippen LogP contribution in [0, 0.1) is 0 Å². The fraction of sp³-hybridized carbons (Fsp3) is 0.143. The van der Waals surface area contributed by atoms with Gasteiger partial charge in [-0.2, -0.15) is 0 Å². The van der Waals surface area contributed by atoms with Crippen molar-refractivity contribution in [2.24, 2.45) is 0 Å². The fourth-order valence-electron chi connectivity index (χ4n) is 2.12. The molecule has 37 heavy (non-hydrogen) atoms. The molecular weight excluding hydrogens is 580 g/mol. The minimum atomic E-state index is -3.22. The highest BCUT2D eigenvalue weighted by molar-refractivity contribution is 8.24. The predicted molar refractivity (Wildman–Crippen MR) is 138 cm³/mol. The maximum Gasteiger partial charge on any atom is 0.339 e. The summed E-state index contributed by atoms with van der Waals surface area (Å²) in [5, 5.41) is 42.3. The summed E-state index contributed by atoms with van der Waals surface area (Å²) in [6.45, 7) is 1.26. The molecule has 1 aromatic heterocycles. The molecule has 0 fully saturated rings. The van der Waals surface area contributed by atoms with Crippen LogP contribution < -0.4 is 5.43 Å². The molecule has 3 aromatic rings. The number of aromatic hydroxyl groups is 5. The number of aldehydes is 1. The van der Waals surface area contributed by atoms with E-state index >= 15 is 0 Å². The molecule has 1 heterocycles. The van der Waals surface area contributed by atoms with Crippen molar-refractivity contribution in [1.82, 2.24) is 4.90 Å². The standard InChI is InChI=1S/C10H6O5.C8H8O4.C3H7NO.Cl3OP/c11-3-5-4-15-10-6(8(5)13)1-2-7(12)9(10)14;1-4(9)5-2-3-6(10)8(12)7(5)11;1-4(2)3-5;1-5(2,3)4/h1-4,12,14H;2-3,10-12H,1H3;3H,1-2H3;. The average Bonchev–Trinajstić information content (AvgIpc) is 2.80. The summed E-state index contributed by atoms with van der Waals surface area (Å²) in [6.07, 6.45) is 2.06. The summed E-state index contributed by atoms with van der Waals surface area (Å²) < 4.78 is 14.4. The van der Waals surface area contributed by atoms with Crippen LogP contribution >= 0.6 is 38.9 Å². The van der Waals surface area contributed by atoms with E-state index in [0.29, 0.717) is 6.29 Å². The number of hydrogen-bond acceptors (Lipinski definition) is 11. The second kappa shape index (κ2) is 15.0. The Bertz CT molecular complexity index is 1360. The van der Waals surface area contributed by atoms with Crippen LogP contribution in [0.3, 0.4) is 0 Å². The first-order chi connectivity index (χ1) is 17.0. The van der Waals surface area contributed by atoms with Crippen LogP contribution in [0.4, 0.5) is 0 Å². The molecule has 0 unspecified atom stereocenters. The number of Topliss-reactive ketones (excluding diaryl/α,β-unsaturated/α-hetero) is 1. The molecule has 0 aliphatic heterocycles. The van der Waals surface area contributed by atoms with E-state index in [4.69, 9.17) is 24.8 Å². The van der Waals surface area contributed by atoms with E-state index < -0.39 is 33.6 Å². The van der Waals surface area contributed by atoms with Crippen LogP contribution in [0.2, 0.25) is 0 Å². The number of rotatable bonds is 3. The van der Waals surface area contributed by atoms with Gasteiger partial charge in [0.1, 0.15) is 6.26 Å². The first kappa shape index (κ1) is 33.6. The van der Waals surface area contributed by atoms with E-state index in [2.05, 4.69) is 33.7 Å². The zero-order valence-electron chi connectivity index (χ0n) is 19.3. The van der Waals surface area contributed by atoms with E-state index in [-0.39, 0.29) is 33.6 Å². The fourth-order valence-corrected chi connectivity index (χ4v) is 2.12. The van der Waals surface area contributed by atoms with Crippen LogP contribution in [-0.2, 0) is 9.36 Å². The number of amides is 1. The Morgan fingerprint density at radius 1 is 0.919 bits per heavy atom. The zero-order chi connectivity index (χ0) is 29.1. The molecule has 0 bridgehead atoms. The van der Waals surface area contributed by atoms with E-state index in [0.717, 1.165) is 24.8 Å². The first-order valence-electron chi connectivity index (χ1n) is 9.43. The lowest BCUT2D eigenvalue weighted by Gasteiger charge is -2.03. The highest BCUT2D eigenvalue weighted by Gasteiger charge is 2.14. The zero-order valence-corrected chi connectivity index (χ0v) is 22.4. The number of halogens is 3. The van der Waals surface area contributed by atoms with Crippen molar-refractivity contribution in [3.8, 4) is 28.7 Å². The summed E-state index contributed by atoms with van der Waals surface area (Å²) in [5.74, 6) is -2.96. The number of nitrogens with zero attached hydrogens (tertiary/aromatic N) is 1. The van der Waals surface area contributed by atoms with Gasteiger partial charge in [-0.3, -0.25) is 23.7 Å². The maximum atomic E-state index is 11.5. The Morgan fingerprint density at radius 2 is 1.38 bits per heavy atom. The molecule has 12 nitrogen and oxygen atoms in total. The SMILES string of the molecule is CC(=O)c1ccc(O)c(O)c1O.CN(C)C=O.O=Cc1coc2c(O)c(O)ccc2c1=O.O=P(Cl)(Cl)Cl. The van der Waals surface area contributed by atoms with Crippen LogP contribution in [-0.4, -0.2) is 63.0 Å². The minimum absolute atomic E-state index is 0.00898. The van der Waals surface area contributed by atoms with Gasteiger partial charge in [0.15, 0.2) is 34.9 Å². The molecule has 0 saturated carbocycles. The number of ketones is 1. The second-order valence-corrected chi connectivity index (χ2v) is 13.4. The molecule has 0 aliphatic rings. The van der Waals surface area contributed by atoms with E-state index in [1.165, 1.54) is 24.0 Å². The molecule has 3 rings (SSSR count). The quantitative estimate of drug-likeness (QED) is 0.122. The molecular formula is C21H21Cl3NO11P. The van der Waals surface area contributed by atoms with E-state index in [1.807, 2.05) is 0 Å². The lowest BCUT2D eigenvalue weighted by molar-refractivity contribution is -0.115. The second-order valence-electron chi connectivity index (χ2n) is 6.80. The maximum absolute atomic E-state index is 11.5. The number of carbonyl (C=O) groups is 3. The monoisotopic (exact) mass is 599 g/mol. The van der Waals surface area contributed by atoms with Gasteiger partial charge in [-0.15, -0.1) is 0 Å². The van der Waals surface area contributed by atoms with Crippen molar-refractivity contribution in [2.75, 3.05) is 14.1 Å². The number of carbonyl (C=O) groups excluding carboxylic acids is 3. The average molecular weight is 601 g/mol. The van der Waals surface area contributed by atoms with E-state index in [9.17, 15) is 28.8 Å². The van der Waals surface area contributed by atoms with Crippen molar-refractivity contribution in [2.45, 2.75) is 6.92 Å². The van der Waals surface area contributed by atoms with Crippen LogP contribution in [0.25, 0.3) is 11.0 Å². The summed E-state index contributed by atoms with van der Waals surface area (Å²) in [4.78, 5) is 43.6. The number of phenols is 5. The van der Waals surface area contributed by atoms with Crippen molar-refractivity contribution in [3.63, 3.8) is 0 Å². The molecule has 16 heteroatoms. The van der Waals surface area contributed by atoms with Gasteiger partial charge in [-0.1, -0.05) is 0 Å². The Balaban J connectivity index is 0.000000525. The molecule has 202 valence electrons. The van der Waals surface area contributed by atoms with E-state index in [1.54, 1.807) is 14.1 Å². The van der Waals surface area contributed by atoms with Crippen LogP contribution in [0.1, 0.15) is 27.6 Å². The lowest BCUT2D eigenvalue weighted by Crippen LogP contribution is -2.07. The normalized spacial score (nSPS) is 9.89. The van der Waals surface area contributed by atoms with Crippen LogP contribution in [0.15, 0.2) is 39.7 Å². The Hall–Kier alpha value is -3.44. The summed E-state index contributed by atoms with van der Waals surface area (Å²) in [7, 11) is 3.38. The van der Waals surface area contributed by atoms with Crippen LogP contribution in [0.5, 0.6) is 28.7 Å². The molecule has 0 atom stereocenters. The highest BCUT2D eigenvalue weighted by atomic mass is 36.0. The summed E-state index contributed by atoms with van der Waals surface area (Å²) in [6, 6.07) is 4.82. The van der Waals surface area contributed by atoms with Crippen molar-refractivity contribution >= 4 is 68.4 Å². The Labute approximate surface area is 223 Å². The van der Waals surface area contributed by atoms with Crippen molar-refractivity contribution < 1.29 is 48.9 Å². The minimum Gasteiger partial charge on any atom is -0.504 e. The van der Waals surface area contributed by atoms with Crippen molar-refractivity contribution in [1.29, 1.82) is 0 Å². The third-order valence-electron chi connectivity index (χ3n) is 3.77. The Morgan fingerprint density at radius 3 is 1.81 bits per heavy atom. The lowest BCUT2D eigenvalue weighted by atomic mass is 10.1. The number of hydrogen-bond donors (Lipinski definition) is 5. The summed E-state index contributed by atoms with van der Waals surface area (Å²) >= 11 is 13.8.